The summed E-state index contributed by atoms with van der Waals surface area (Å²) in [5.74, 6) is 0.641. The third kappa shape index (κ3) is 3.44. The first-order valence-electron chi connectivity index (χ1n) is 5.91. The molecule has 112 valence electrons. The van der Waals surface area contributed by atoms with Crippen LogP contribution in [0.5, 0.6) is 5.75 Å². The Morgan fingerprint density at radius 2 is 1.75 bits per heavy atom. The maximum Gasteiger partial charge on any atom is 0.175 e. The van der Waals surface area contributed by atoms with Gasteiger partial charge in [0.1, 0.15) is 18.0 Å². The van der Waals surface area contributed by atoms with Gasteiger partial charge in [0, 0.05) is 12.0 Å². The minimum absolute atomic E-state index is 0.178. The minimum atomic E-state index is -3.26. The third-order valence-electron chi connectivity index (χ3n) is 2.96. The molecule has 1 heterocycles. The van der Waals surface area contributed by atoms with Crippen molar-refractivity contribution in [3.05, 3.63) is 24.3 Å². The fourth-order valence-electron chi connectivity index (χ4n) is 1.78. The Labute approximate surface area is 121 Å². The number of benzene rings is 1. The molecule has 0 saturated carbocycles. The molecule has 4 atom stereocenters. The molecule has 1 saturated heterocycles. The number of hydrogen-bond donors (Lipinski definition) is 3. The lowest BCUT2D eigenvalue weighted by atomic mass is 10.1. The van der Waals surface area contributed by atoms with Gasteiger partial charge in [0.15, 0.2) is 15.3 Å². The Bertz CT molecular complexity index is 556. The van der Waals surface area contributed by atoms with Crippen LogP contribution in [0.1, 0.15) is 0 Å². The Balaban J connectivity index is 2.07. The van der Waals surface area contributed by atoms with E-state index < -0.39 is 33.6 Å². The fourth-order valence-corrected chi connectivity index (χ4v) is 3.53. The maximum atomic E-state index is 11.3. The van der Waals surface area contributed by atoms with Crippen molar-refractivity contribution in [1.82, 2.24) is 0 Å². The summed E-state index contributed by atoms with van der Waals surface area (Å²) in [5, 5.41) is 28.8. The van der Waals surface area contributed by atoms with Crippen LogP contribution in [-0.4, -0.2) is 59.5 Å². The number of aliphatic hydroxyl groups excluding tert-OH is 3. The van der Waals surface area contributed by atoms with Gasteiger partial charge in [0.05, 0.1) is 11.0 Å². The van der Waals surface area contributed by atoms with Crippen molar-refractivity contribution in [2.24, 2.45) is 0 Å². The van der Waals surface area contributed by atoms with Crippen molar-refractivity contribution >= 4 is 21.6 Å². The van der Waals surface area contributed by atoms with Gasteiger partial charge in [-0.2, -0.15) is 0 Å². The van der Waals surface area contributed by atoms with Gasteiger partial charge in [-0.15, -0.1) is 11.8 Å². The van der Waals surface area contributed by atoms with E-state index in [9.17, 15) is 23.7 Å². The van der Waals surface area contributed by atoms with E-state index in [1.165, 1.54) is 36.0 Å². The van der Waals surface area contributed by atoms with Crippen molar-refractivity contribution in [2.45, 2.75) is 28.6 Å². The highest BCUT2D eigenvalue weighted by Gasteiger charge is 2.38. The Morgan fingerprint density at radius 1 is 1.15 bits per heavy atom. The minimum Gasteiger partial charge on any atom is -0.477 e. The molecule has 1 fully saturated rings. The van der Waals surface area contributed by atoms with E-state index in [-0.39, 0.29) is 10.6 Å². The summed E-state index contributed by atoms with van der Waals surface area (Å²) in [6.45, 7) is 0. The van der Waals surface area contributed by atoms with Crippen molar-refractivity contribution in [3.63, 3.8) is 0 Å². The lowest BCUT2D eigenvalue weighted by molar-refractivity contribution is -0.0786. The molecule has 3 N–H and O–H groups in total. The molecule has 2 rings (SSSR count). The molecule has 1 aliphatic heterocycles. The summed E-state index contributed by atoms with van der Waals surface area (Å²) in [5.41, 5.74) is -0.711. The molecule has 0 bridgehead atoms. The van der Waals surface area contributed by atoms with Crippen LogP contribution in [0.25, 0.3) is 0 Å². The maximum absolute atomic E-state index is 11.3. The molecule has 0 spiro atoms. The first-order valence-corrected chi connectivity index (χ1v) is 8.85. The second kappa shape index (κ2) is 5.90. The molecular weight excluding hydrogens is 304 g/mol. The molecule has 8 heteroatoms. The zero-order valence-electron chi connectivity index (χ0n) is 10.7. The van der Waals surface area contributed by atoms with E-state index in [1.807, 2.05) is 0 Å². The van der Waals surface area contributed by atoms with Gasteiger partial charge >= 0.3 is 0 Å². The van der Waals surface area contributed by atoms with Gasteiger partial charge < -0.3 is 20.1 Å². The van der Waals surface area contributed by atoms with Crippen LogP contribution in [-0.2, 0) is 9.84 Å². The second-order valence-electron chi connectivity index (χ2n) is 4.61. The van der Waals surface area contributed by atoms with Crippen LogP contribution in [0.4, 0.5) is 0 Å². The van der Waals surface area contributed by atoms with Gasteiger partial charge in [-0.1, -0.05) is 0 Å². The van der Waals surface area contributed by atoms with Gasteiger partial charge in [-0.3, -0.25) is 0 Å². The topological polar surface area (TPSA) is 104 Å². The SMILES string of the molecule is CS(=O)(=O)c1ccc(O[C@H]2SC[C@@H](O)[C@H](O)[C@H]2O)cc1. The van der Waals surface area contributed by atoms with Gasteiger partial charge in [-0.05, 0) is 24.3 Å². The highest BCUT2D eigenvalue weighted by atomic mass is 32.2. The highest BCUT2D eigenvalue weighted by Crippen LogP contribution is 2.29. The van der Waals surface area contributed by atoms with Crippen molar-refractivity contribution < 1.29 is 28.5 Å². The van der Waals surface area contributed by atoms with Crippen molar-refractivity contribution in [3.8, 4) is 5.75 Å². The molecule has 20 heavy (non-hydrogen) atoms. The quantitative estimate of drug-likeness (QED) is 0.697. The molecule has 0 unspecified atom stereocenters. The predicted molar refractivity (Wildman–Crippen MR) is 74.4 cm³/mol. The summed E-state index contributed by atoms with van der Waals surface area (Å²) in [4.78, 5) is 0.178. The van der Waals surface area contributed by atoms with Crippen LogP contribution in [0, 0.1) is 0 Å². The van der Waals surface area contributed by atoms with Crippen molar-refractivity contribution in [2.75, 3.05) is 12.0 Å². The molecule has 6 nitrogen and oxygen atoms in total. The zero-order chi connectivity index (χ0) is 14.9. The largest absolute Gasteiger partial charge is 0.477 e. The fraction of sp³-hybridized carbons (Fsp3) is 0.500. The van der Waals surface area contributed by atoms with Gasteiger partial charge in [-0.25, -0.2) is 8.42 Å². The average Bonchev–Trinajstić information content (AvgIpc) is 2.39. The summed E-state index contributed by atoms with van der Waals surface area (Å²) >= 11 is 1.19. The normalized spacial score (nSPS) is 31.0. The van der Waals surface area contributed by atoms with E-state index in [4.69, 9.17) is 4.74 Å². The summed E-state index contributed by atoms with van der Waals surface area (Å²) < 4.78 is 28.1. The van der Waals surface area contributed by atoms with Crippen LogP contribution in [0.15, 0.2) is 29.2 Å². The molecule has 0 aromatic heterocycles. The summed E-state index contributed by atoms with van der Waals surface area (Å²) in [6, 6.07) is 5.80. The molecule has 1 aromatic carbocycles. The number of hydrogen-bond acceptors (Lipinski definition) is 7. The third-order valence-corrected chi connectivity index (χ3v) is 5.32. The summed E-state index contributed by atoms with van der Waals surface area (Å²) in [6.07, 6.45) is -2.33. The van der Waals surface area contributed by atoms with Crippen LogP contribution in [0.3, 0.4) is 0 Å². The summed E-state index contributed by atoms with van der Waals surface area (Å²) in [7, 11) is -3.26. The lowest BCUT2D eigenvalue weighted by Crippen LogP contribution is -2.50. The van der Waals surface area contributed by atoms with Crippen molar-refractivity contribution in [1.29, 1.82) is 0 Å². The standard InChI is InChI=1S/C12H16O6S2/c1-20(16,17)8-4-2-7(3-5-8)18-12-11(15)10(14)9(13)6-19-12/h2-5,9-15H,6H2,1H3/t9-,10+,11-,12+/m1/s1. The number of rotatable bonds is 3. The van der Waals surface area contributed by atoms with E-state index in [0.717, 1.165) is 6.26 Å². The smallest absolute Gasteiger partial charge is 0.175 e. The molecule has 0 aliphatic carbocycles. The molecule has 0 radical (unpaired) electrons. The number of sulfone groups is 1. The van der Waals surface area contributed by atoms with Crippen LogP contribution >= 0.6 is 11.8 Å². The van der Waals surface area contributed by atoms with Gasteiger partial charge in [0.2, 0.25) is 0 Å². The first kappa shape index (κ1) is 15.6. The highest BCUT2D eigenvalue weighted by molar-refractivity contribution is 7.99. The first-order chi connectivity index (χ1) is 9.29. The molecule has 1 aromatic rings. The van der Waals surface area contributed by atoms with E-state index in [1.54, 1.807) is 0 Å². The van der Waals surface area contributed by atoms with E-state index >= 15 is 0 Å². The number of thioether (sulfide) groups is 1. The van der Waals surface area contributed by atoms with E-state index in [0.29, 0.717) is 5.75 Å². The average molecular weight is 320 g/mol. The molecule has 0 amide bonds. The number of aliphatic hydroxyl groups is 3. The molecular formula is C12H16O6S2. The zero-order valence-corrected chi connectivity index (χ0v) is 12.3. The van der Waals surface area contributed by atoms with Crippen LogP contribution in [0.2, 0.25) is 0 Å². The predicted octanol–water partition coefficient (Wildman–Crippen LogP) is -0.376. The Morgan fingerprint density at radius 3 is 2.30 bits per heavy atom. The number of ether oxygens (including phenoxy) is 1. The van der Waals surface area contributed by atoms with Crippen LogP contribution < -0.4 is 4.74 Å². The Hall–Kier alpha value is -0.800. The Kier molecular flexibility index (Phi) is 4.60. The second-order valence-corrected chi connectivity index (χ2v) is 7.76. The molecule has 1 aliphatic rings. The van der Waals surface area contributed by atoms with Gasteiger partial charge in [0.25, 0.3) is 0 Å². The lowest BCUT2D eigenvalue weighted by Gasteiger charge is -2.34. The monoisotopic (exact) mass is 320 g/mol. The van der Waals surface area contributed by atoms with E-state index in [2.05, 4.69) is 0 Å².